The van der Waals surface area contributed by atoms with E-state index in [1.807, 2.05) is 30.3 Å². The number of rotatable bonds is 2. The van der Waals surface area contributed by atoms with Gasteiger partial charge in [-0.15, -0.1) is 0 Å². The highest BCUT2D eigenvalue weighted by molar-refractivity contribution is 5.98. The second-order valence-corrected chi connectivity index (χ2v) is 6.00. The Morgan fingerprint density at radius 3 is 2.57 bits per heavy atom. The van der Waals surface area contributed by atoms with Crippen molar-refractivity contribution in [2.24, 2.45) is 0 Å². The normalized spacial score (nSPS) is 17.1. The topological polar surface area (TPSA) is 26.3 Å². The number of hydrogen-bond donors (Lipinski definition) is 0. The van der Waals surface area contributed by atoms with Crippen LogP contribution < -0.4 is 4.74 Å². The molecule has 1 atom stereocenters. The van der Waals surface area contributed by atoms with E-state index in [1.165, 1.54) is 5.56 Å². The number of carbonyl (C=O) groups is 1. The maximum atomic E-state index is 12.8. The van der Waals surface area contributed by atoms with Gasteiger partial charge in [0.2, 0.25) is 0 Å². The molecule has 23 heavy (non-hydrogen) atoms. The third kappa shape index (κ3) is 2.22. The molecule has 0 fully saturated rings. The van der Waals surface area contributed by atoms with Gasteiger partial charge in [-0.3, -0.25) is 4.79 Å². The fourth-order valence-electron chi connectivity index (χ4n) is 3.69. The summed E-state index contributed by atoms with van der Waals surface area (Å²) in [4.78, 5) is 12.8. The molecule has 0 aliphatic heterocycles. The molecule has 3 aromatic rings. The quantitative estimate of drug-likeness (QED) is 0.697. The minimum atomic E-state index is -0.235. The third-order valence-electron chi connectivity index (χ3n) is 4.77. The molecular formula is C21H18O2. The van der Waals surface area contributed by atoms with E-state index >= 15 is 0 Å². The Morgan fingerprint density at radius 1 is 0.913 bits per heavy atom. The predicted molar refractivity (Wildman–Crippen MR) is 92.1 cm³/mol. The van der Waals surface area contributed by atoms with Crippen LogP contribution in [0.5, 0.6) is 5.75 Å². The van der Waals surface area contributed by atoms with Gasteiger partial charge in [0.05, 0.1) is 13.0 Å². The maximum Gasteiger partial charge on any atom is 0.145 e. The summed E-state index contributed by atoms with van der Waals surface area (Å²) in [7, 11) is 1.67. The zero-order valence-electron chi connectivity index (χ0n) is 13.1. The lowest BCUT2D eigenvalue weighted by Crippen LogP contribution is -2.22. The SMILES string of the molecule is COc1ccc2ccccc2c1C1C(=O)CCc2ccccc21. The Kier molecular flexibility index (Phi) is 3.38. The van der Waals surface area contributed by atoms with Gasteiger partial charge in [-0.1, -0.05) is 54.6 Å². The lowest BCUT2D eigenvalue weighted by Gasteiger charge is -2.27. The molecule has 0 heterocycles. The maximum absolute atomic E-state index is 12.8. The number of ketones is 1. The summed E-state index contributed by atoms with van der Waals surface area (Å²) in [6.45, 7) is 0. The van der Waals surface area contributed by atoms with E-state index in [-0.39, 0.29) is 11.7 Å². The van der Waals surface area contributed by atoms with Crippen LogP contribution in [0, 0.1) is 0 Å². The molecule has 0 N–H and O–H groups in total. The molecule has 0 spiro atoms. The second-order valence-electron chi connectivity index (χ2n) is 6.00. The standard InChI is InChI=1S/C21H18O2/c1-23-19-13-11-15-7-3-5-9-17(15)21(19)20-16-8-4-2-6-14(16)10-12-18(20)22/h2-9,11,13,20H,10,12H2,1H3. The van der Waals surface area contributed by atoms with E-state index in [2.05, 4.69) is 30.3 Å². The number of fused-ring (bicyclic) bond motifs is 2. The number of Topliss-reactive ketones (excluding diaryl/α,β-unsaturated/α-hetero) is 1. The van der Waals surface area contributed by atoms with E-state index in [0.717, 1.165) is 34.1 Å². The predicted octanol–water partition coefficient (Wildman–Crippen LogP) is 4.50. The molecule has 0 amide bonds. The minimum Gasteiger partial charge on any atom is -0.496 e. The highest BCUT2D eigenvalue weighted by Crippen LogP contribution is 2.42. The van der Waals surface area contributed by atoms with E-state index in [9.17, 15) is 4.79 Å². The lowest BCUT2D eigenvalue weighted by atomic mass is 9.76. The molecule has 3 aromatic carbocycles. The van der Waals surface area contributed by atoms with Gasteiger partial charge in [0.15, 0.2) is 0 Å². The zero-order chi connectivity index (χ0) is 15.8. The average Bonchev–Trinajstić information content (AvgIpc) is 2.61. The molecular weight excluding hydrogens is 284 g/mol. The Labute approximate surface area is 135 Å². The van der Waals surface area contributed by atoms with Gasteiger partial charge >= 0.3 is 0 Å². The number of methoxy groups -OCH3 is 1. The van der Waals surface area contributed by atoms with Gasteiger partial charge < -0.3 is 4.74 Å². The van der Waals surface area contributed by atoms with Crippen LogP contribution in [0.25, 0.3) is 10.8 Å². The number of carbonyl (C=O) groups excluding carboxylic acids is 1. The first kappa shape index (κ1) is 14.0. The van der Waals surface area contributed by atoms with E-state index < -0.39 is 0 Å². The molecule has 1 aliphatic carbocycles. The van der Waals surface area contributed by atoms with Crippen molar-refractivity contribution in [3.05, 3.63) is 77.4 Å². The number of benzene rings is 3. The van der Waals surface area contributed by atoms with Crippen LogP contribution in [0.3, 0.4) is 0 Å². The van der Waals surface area contributed by atoms with Gasteiger partial charge in [0.25, 0.3) is 0 Å². The van der Waals surface area contributed by atoms with Crippen LogP contribution in [-0.4, -0.2) is 12.9 Å². The monoisotopic (exact) mass is 302 g/mol. The largest absolute Gasteiger partial charge is 0.496 e. The van der Waals surface area contributed by atoms with Crippen LogP contribution in [0.1, 0.15) is 29.0 Å². The molecule has 0 saturated heterocycles. The lowest BCUT2D eigenvalue weighted by molar-refractivity contribution is -0.120. The summed E-state index contributed by atoms with van der Waals surface area (Å²) in [5, 5.41) is 2.24. The van der Waals surface area contributed by atoms with Gasteiger partial charge in [0.1, 0.15) is 11.5 Å². The van der Waals surface area contributed by atoms with Crippen LogP contribution >= 0.6 is 0 Å². The smallest absolute Gasteiger partial charge is 0.145 e. The third-order valence-corrected chi connectivity index (χ3v) is 4.77. The van der Waals surface area contributed by atoms with Crippen molar-refractivity contribution in [1.82, 2.24) is 0 Å². The fraction of sp³-hybridized carbons (Fsp3) is 0.190. The van der Waals surface area contributed by atoms with Crippen molar-refractivity contribution in [3.63, 3.8) is 0 Å². The van der Waals surface area contributed by atoms with Crippen molar-refractivity contribution in [2.45, 2.75) is 18.8 Å². The first-order valence-electron chi connectivity index (χ1n) is 7.96. The summed E-state index contributed by atoms with van der Waals surface area (Å²) in [5.41, 5.74) is 3.40. The van der Waals surface area contributed by atoms with Crippen LogP contribution in [0.4, 0.5) is 0 Å². The average molecular weight is 302 g/mol. The molecule has 0 aromatic heterocycles. The van der Waals surface area contributed by atoms with Gasteiger partial charge in [-0.05, 0) is 34.4 Å². The molecule has 1 aliphatic rings. The van der Waals surface area contributed by atoms with Crippen LogP contribution in [-0.2, 0) is 11.2 Å². The second kappa shape index (κ2) is 5.54. The molecule has 0 saturated carbocycles. The highest BCUT2D eigenvalue weighted by atomic mass is 16.5. The number of ether oxygens (including phenoxy) is 1. The van der Waals surface area contributed by atoms with Crippen molar-refractivity contribution in [1.29, 1.82) is 0 Å². The van der Waals surface area contributed by atoms with Crippen molar-refractivity contribution < 1.29 is 9.53 Å². The minimum absolute atomic E-state index is 0.235. The molecule has 2 heteroatoms. The van der Waals surface area contributed by atoms with Crippen molar-refractivity contribution in [3.8, 4) is 5.75 Å². The fourth-order valence-corrected chi connectivity index (χ4v) is 3.69. The molecule has 0 bridgehead atoms. The van der Waals surface area contributed by atoms with Crippen molar-refractivity contribution >= 4 is 16.6 Å². The van der Waals surface area contributed by atoms with Crippen LogP contribution in [0.15, 0.2) is 60.7 Å². The van der Waals surface area contributed by atoms with E-state index in [4.69, 9.17) is 4.74 Å². The Morgan fingerprint density at radius 2 is 1.70 bits per heavy atom. The van der Waals surface area contributed by atoms with Gasteiger partial charge in [-0.2, -0.15) is 0 Å². The van der Waals surface area contributed by atoms with E-state index in [0.29, 0.717) is 6.42 Å². The van der Waals surface area contributed by atoms with Gasteiger partial charge in [0, 0.05) is 12.0 Å². The van der Waals surface area contributed by atoms with Crippen molar-refractivity contribution in [2.75, 3.05) is 7.11 Å². The Bertz CT molecular complexity index is 895. The summed E-state index contributed by atoms with van der Waals surface area (Å²) >= 11 is 0. The van der Waals surface area contributed by atoms with Gasteiger partial charge in [-0.25, -0.2) is 0 Å². The Hall–Kier alpha value is -2.61. The summed E-state index contributed by atoms with van der Waals surface area (Å²) in [6, 6.07) is 20.5. The zero-order valence-corrected chi connectivity index (χ0v) is 13.1. The molecule has 4 rings (SSSR count). The summed E-state index contributed by atoms with van der Waals surface area (Å²) < 4.78 is 5.62. The molecule has 1 unspecified atom stereocenters. The first-order chi connectivity index (χ1) is 11.3. The number of hydrogen-bond acceptors (Lipinski definition) is 2. The Balaban J connectivity index is 2.04. The molecule has 114 valence electrons. The summed E-state index contributed by atoms with van der Waals surface area (Å²) in [6.07, 6.45) is 1.42. The first-order valence-corrected chi connectivity index (χ1v) is 7.96. The summed E-state index contributed by atoms with van der Waals surface area (Å²) in [5.74, 6) is 0.832. The highest BCUT2D eigenvalue weighted by Gasteiger charge is 2.32. The number of aryl methyl sites for hydroxylation is 1. The van der Waals surface area contributed by atoms with Crippen LogP contribution in [0.2, 0.25) is 0 Å². The molecule has 2 nitrogen and oxygen atoms in total. The van der Waals surface area contributed by atoms with E-state index in [1.54, 1.807) is 7.11 Å². The molecule has 0 radical (unpaired) electrons.